The zero-order valence-electron chi connectivity index (χ0n) is 17.6. The number of fused-ring (bicyclic) bond motifs is 10. The second-order valence-corrected chi connectivity index (χ2v) is 10.7. The Morgan fingerprint density at radius 3 is 2.15 bits per heavy atom. The lowest BCUT2D eigenvalue weighted by atomic mass is 10.1. The predicted molar refractivity (Wildman–Crippen MR) is 147 cm³/mol. The van der Waals surface area contributed by atoms with Crippen LogP contribution in [0.4, 0.5) is 0 Å². The Morgan fingerprint density at radius 1 is 0.485 bits per heavy atom. The smallest absolute Gasteiger partial charge is 0.0720 e. The summed E-state index contributed by atoms with van der Waals surface area (Å²) in [6.07, 6.45) is 0. The Kier molecular flexibility index (Phi) is 3.48. The van der Waals surface area contributed by atoms with Gasteiger partial charge in [-0.25, -0.2) is 0 Å². The fourth-order valence-electron chi connectivity index (χ4n) is 5.30. The molecule has 1 nitrogen and oxygen atoms in total. The third-order valence-electron chi connectivity index (χ3n) is 6.78. The van der Waals surface area contributed by atoms with Gasteiger partial charge in [0.15, 0.2) is 0 Å². The molecule has 5 aromatic carbocycles. The van der Waals surface area contributed by atoms with Crippen molar-refractivity contribution < 1.29 is 0 Å². The van der Waals surface area contributed by atoms with E-state index < -0.39 is 0 Å². The van der Waals surface area contributed by atoms with Gasteiger partial charge in [0.1, 0.15) is 0 Å². The number of hydrogen-bond acceptors (Lipinski definition) is 2. The van der Waals surface area contributed by atoms with E-state index in [4.69, 9.17) is 0 Å². The molecular formula is C30H17NS2. The van der Waals surface area contributed by atoms with Gasteiger partial charge in [0.05, 0.1) is 25.1 Å². The predicted octanol–water partition coefficient (Wildman–Crippen LogP) is 9.52. The molecule has 0 bridgehead atoms. The van der Waals surface area contributed by atoms with Crippen molar-refractivity contribution in [3.8, 4) is 5.69 Å². The van der Waals surface area contributed by atoms with Crippen molar-refractivity contribution in [1.29, 1.82) is 0 Å². The summed E-state index contributed by atoms with van der Waals surface area (Å²) in [5.41, 5.74) is 3.80. The Labute approximate surface area is 197 Å². The molecule has 0 aliphatic heterocycles. The second-order valence-electron chi connectivity index (χ2n) is 8.58. The maximum absolute atomic E-state index is 2.47. The van der Waals surface area contributed by atoms with Gasteiger partial charge in [-0.15, -0.1) is 22.7 Å². The summed E-state index contributed by atoms with van der Waals surface area (Å²) in [4.78, 5) is 0. The molecule has 0 aliphatic rings. The topological polar surface area (TPSA) is 4.93 Å². The van der Waals surface area contributed by atoms with E-state index in [0.29, 0.717) is 0 Å². The van der Waals surface area contributed by atoms with Crippen LogP contribution in [-0.4, -0.2) is 4.57 Å². The van der Waals surface area contributed by atoms with Gasteiger partial charge in [-0.2, -0.15) is 0 Å². The van der Waals surface area contributed by atoms with Crippen molar-refractivity contribution >= 4 is 84.8 Å². The van der Waals surface area contributed by atoms with Crippen molar-refractivity contribution in [2.24, 2.45) is 0 Å². The Morgan fingerprint density at radius 2 is 1.21 bits per heavy atom. The number of aromatic nitrogens is 1. The van der Waals surface area contributed by atoms with Crippen molar-refractivity contribution in [2.75, 3.05) is 0 Å². The number of nitrogens with zero attached hydrogens (tertiary/aromatic N) is 1. The Balaban J connectivity index is 1.58. The van der Waals surface area contributed by atoms with Gasteiger partial charge in [-0.1, -0.05) is 78.9 Å². The number of hydrogen-bond donors (Lipinski definition) is 0. The lowest BCUT2D eigenvalue weighted by molar-refractivity contribution is 1.19. The Bertz CT molecular complexity index is 2030. The van der Waals surface area contributed by atoms with Crippen LogP contribution < -0.4 is 0 Å². The van der Waals surface area contributed by atoms with Gasteiger partial charge < -0.3 is 4.57 Å². The fraction of sp³-hybridized carbons (Fsp3) is 0. The molecule has 0 spiro atoms. The highest BCUT2D eigenvalue weighted by Crippen LogP contribution is 2.48. The highest BCUT2D eigenvalue weighted by atomic mass is 32.1. The standard InChI is InChI=1S/C30H17NS2/c1-2-8-19-17-20(14-13-18(19)7-1)31-25-11-5-3-9-21(25)22-15-16-24-28(27(22)31)33-29-23-10-4-6-12-26(23)32-30(24)29/h1-17H. The molecule has 0 aliphatic carbocycles. The van der Waals surface area contributed by atoms with E-state index in [0.717, 1.165) is 0 Å². The number of benzene rings is 5. The first-order valence-corrected chi connectivity index (χ1v) is 12.8. The summed E-state index contributed by atoms with van der Waals surface area (Å²) in [7, 11) is 0. The molecule has 8 rings (SSSR count). The van der Waals surface area contributed by atoms with Gasteiger partial charge in [-0.05, 0) is 35.0 Å². The highest BCUT2D eigenvalue weighted by molar-refractivity contribution is 7.37. The first kappa shape index (κ1) is 17.8. The second kappa shape index (κ2) is 6.44. The normalized spacial score (nSPS) is 12.2. The minimum atomic E-state index is 1.22. The average Bonchev–Trinajstić information content (AvgIpc) is 3.51. The van der Waals surface area contributed by atoms with Crippen LogP contribution in [0.1, 0.15) is 0 Å². The lowest BCUT2D eigenvalue weighted by Gasteiger charge is -2.10. The van der Waals surface area contributed by atoms with Crippen LogP contribution in [-0.2, 0) is 0 Å². The highest BCUT2D eigenvalue weighted by Gasteiger charge is 2.19. The molecule has 0 unspecified atom stereocenters. The molecule has 0 fully saturated rings. The van der Waals surface area contributed by atoms with Gasteiger partial charge in [0.25, 0.3) is 0 Å². The molecule has 0 N–H and O–H groups in total. The van der Waals surface area contributed by atoms with Crippen LogP contribution in [0.15, 0.2) is 103 Å². The van der Waals surface area contributed by atoms with Crippen molar-refractivity contribution in [1.82, 2.24) is 4.57 Å². The first-order valence-electron chi connectivity index (χ1n) is 11.1. The van der Waals surface area contributed by atoms with Crippen molar-refractivity contribution in [2.45, 2.75) is 0 Å². The molecule has 154 valence electrons. The minimum Gasteiger partial charge on any atom is -0.308 e. The van der Waals surface area contributed by atoms with Crippen molar-refractivity contribution in [3.05, 3.63) is 103 Å². The molecule has 3 heterocycles. The Hall–Kier alpha value is -3.66. The van der Waals surface area contributed by atoms with E-state index in [1.54, 1.807) is 0 Å². The molecule has 0 saturated carbocycles. The molecule has 33 heavy (non-hydrogen) atoms. The summed E-state index contributed by atoms with van der Waals surface area (Å²) in [6.45, 7) is 0. The minimum absolute atomic E-state index is 1.22. The monoisotopic (exact) mass is 455 g/mol. The maximum atomic E-state index is 2.47. The molecular weight excluding hydrogens is 438 g/mol. The maximum Gasteiger partial charge on any atom is 0.0720 e. The SMILES string of the molecule is c1ccc2cc(-n3c4ccccc4c4ccc5c6sc7ccccc7c6sc5c43)ccc2c1. The van der Waals surface area contributed by atoms with Crippen LogP contribution in [0.2, 0.25) is 0 Å². The number of thiophene rings is 2. The average molecular weight is 456 g/mol. The van der Waals surface area contributed by atoms with Crippen LogP contribution in [0.3, 0.4) is 0 Å². The summed E-state index contributed by atoms with van der Waals surface area (Å²) in [5.74, 6) is 0. The molecule has 0 atom stereocenters. The van der Waals surface area contributed by atoms with Gasteiger partial charge in [0.2, 0.25) is 0 Å². The van der Waals surface area contributed by atoms with Crippen LogP contribution in [0, 0.1) is 0 Å². The lowest BCUT2D eigenvalue weighted by Crippen LogP contribution is -1.93. The third-order valence-corrected chi connectivity index (χ3v) is 9.36. The molecule has 0 saturated heterocycles. The van der Waals surface area contributed by atoms with E-state index in [9.17, 15) is 0 Å². The van der Waals surface area contributed by atoms with Gasteiger partial charge >= 0.3 is 0 Å². The number of rotatable bonds is 1. The largest absolute Gasteiger partial charge is 0.308 e. The van der Waals surface area contributed by atoms with Crippen LogP contribution >= 0.6 is 22.7 Å². The molecule has 0 radical (unpaired) electrons. The van der Waals surface area contributed by atoms with Crippen LogP contribution in [0.5, 0.6) is 0 Å². The zero-order chi connectivity index (χ0) is 21.5. The molecule has 3 heteroatoms. The van der Waals surface area contributed by atoms with Gasteiger partial charge in [0, 0.05) is 31.9 Å². The molecule has 0 amide bonds. The van der Waals surface area contributed by atoms with Crippen molar-refractivity contribution in [3.63, 3.8) is 0 Å². The third kappa shape index (κ3) is 2.36. The first-order chi connectivity index (χ1) is 16.4. The summed E-state index contributed by atoms with van der Waals surface area (Å²) >= 11 is 3.86. The van der Waals surface area contributed by atoms with E-state index in [1.807, 2.05) is 22.7 Å². The van der Waals surface area contributed by atoms with E-state index in [-0.39, 0.29) is 0 Å². The van der Waals surface area contributed by atoms with E-state index >= 15 is 0 Å². The van der Waals surface area contributed by atoms with E-state index in [2.05, 4.69) is 108 Å². The zero-order valence-corrected chi connectivity index (χ0v) is 19.2. The quantitative estimate of drug-likeness (QED) is 0.232. The molecule has 3 aromatic heterocycles. The summed E-state index contributed by atoms with van der Waals surface area (Å²) in [6, 6.07) is 37.7. The summed E-state index contributed by atoms with van der Waals surface area (Å²) in [5, 5.41) is 7.92. The van der Waals surface area contributed by atoms with Gasteiger partial charge in [-0.3, -0.25) is 0 Å². The molecule has 8 aromatic rings. The number of para-hydroxylation sites is 1. The van der Waals surface area contributed by atoms with Crippen LogP contribution in [0.25, 0.3) is 67.8 Å². The van der Waals surface area contributed by atoms with E-state index in [1.165, 1.54) is 67.8 Å². The fourth-order valence-corrected chi connectivity index (χ4v) is 8.08. The summed E-state index contributed by atoms with van der Waals surface area (Å²) < 4.78 is 8.04.